The van der Waals surface area contributed by atoms with Gasteiger partial charge >= 0.3 is 6.09 Å². The van der Waals surface area contributed by atoms with Gasteiger partial charge in [0, 0.05) is 5.69 Å². The van der Waals surface area contributed by atoms with E-state index in [2.05, 4.69) is 5.32 Å². The van der Waals surface area contributed by atoms with Crippen molar-refractivity contribution in [3.8, 4) is 6.07 Å². The second-order valence-corrected chi connectivity index (χ2v) is 4.66. The summed E-state index contributed by atoms with van der Waals surface area (Å²) < 4.78 is 18.6. The van der Waals surface area contributed by atoms with Crippen LogP contribution in [0.3, 0.4) is 0 Å². The highest BCUT2D eigenvalue weighted by Crippen LogP contribution is 2.23. The Labute approximate surface area is 104 Å². The minimum absolute atomic E-state index is 0.0571. The lowest BCUT2D eigenvalue weighted by atomic mass is 10.1. The summed E-state index contributed by atoms with van der Waals surface area (Å²) in [7, 11) is 0. The van der Waals surface area contributed by atoms with Gasteiger partial charge in [0.1, 0.15) is 17.5 Å². The number of rotatable bonds is 1. The number of amides is 1. The molecule has 0 unspecified atom stereocenters. The Balaban J connectivity index is 2.98. The van der Waals surface area contributed by atoms with Gasteiger partial charge in [-0.15, -0.1) is 0 Å². The molecule has 0 fully saturated rings. The topological polar surface area (TPSA) is 88.1 Å². The average molecular weight is 251 g/mol. The summed E-state index contributed by atoms with van der Waals surface area (Å²) in [6.07, 6.45) is -0.831. The first-order chi connectivity index (χ1) is 8.23. The minimum Gasteiger partial charge on any atom is -0.444 e. The normalized spacial score (nSPS) is 10.6. The molecule has 1 amide bonds. The Bertz CT molecular complexity index is 515. The summed E-state index contributed by atoms with van der Waals surface area (Å²) in [6.45, 7) is 5.03. The number of nitrogens with zero attached hydrogens (tertiary/aromatic N) is 1. The molecule has 1 aromatic rings. The number of nitrogen functional groups attached to an aromatic ring is 1. The van der Waals surface area contributed by atoms with E-state index in [-0.39, 0.29) is 16.9 Å². The van der Waals surface area contributed by atoms with Crippen molar-refractivity contribution in [2.45, 2.75) is 26.4 Å². The van der Waals surface area contributed by atoms with Crippen LogP contribution in [-0.2, 0) is 4.74 Å². The molecular weight excluding hydrogens is 237 g/mol. The van der Waals surface area contributed by atoms with Crippen molar-refractivity contribution in [3.05, 3.63) is 23.5 Å². The molecule has 0 heterocycles. The van der Waals surface area contributed by atoms with Crippen LogP contribution >= 0.6 is 0 Å². The van der Waals surface area contributed by atoms with Crippen molar-refractivity contribution in [3.63, 3.8) is 0 Å². The van der Waals surface area contributed by atoms with Gasteiger partial charge in [-0.25, -0.2) is 9.18 Å². The predicted molar refractivity (Wildman–Crippen MR) is 65.4 cm³/mol. The number of hydrogen-bond acceptors (Lipinski definition) is 4. The first-order valence-corrected chi connectivity index (χ1v) is 5.22. The molecule has 0 radical (unpaired) electrons. The predicted octanol–water partition coefficient (Wildman–Crippen LogP) is 2.63. The van der Waals surface area contributed by atoms with Crippen molar-refractivity contribution in [2.24, 2.45) is 0 Å². The molecule has 96 valence electrons. The molecule has 1 aromatic carbocycles. The van der Waals surface area contributed by atoms with Gasteiger partial charge in [0.25, 0.3) is 0 Å². The molecule has 0 atom stereocenters. The van der Waals surface area contributed by atoms with E-state index in [4.69, 9.17) is 15.7 Å². The maximum atomic E-state index is 13.6. The highest BCUT2D eigenvalue weighted by molar-refractivity contribution is 5.87. The molecule has 0 spiro atoms. The van der Waals surface area contributed by atoms with Crippen LogP contribution in [0.2, 0.25) is 0 Å². The van der Waals surface area contributed by atoms with Crippen LogP contribution in [0, 0.1) is 17.1 Å². The SMILES string of the molecule is CC(C)(C)OC(=O)Nc1c(F)cc(N)cc1C#N. The summed E-state index contributed by atoms with van der Waals surface area (Å²) in [5.74, 6) is -0.780. The van der Waals surface area contributed by atoms with Crippen LogP contribution < -0.4 is 11.1 Å². The zero-order chi connectivity index (χ0) is 13.9. The minimum atomic E-state index is -0.831. The molecule has 0 bridgehead atoms. The Morgan fingerprint density at radius 2 is 2.11 bits per heavy atom. The monoisotopic (exact) mass is 251 g/mol. The highest BCUT2D eigenvalue weighted by atomic mass is 19.1. The number of nitriles is 1. The maximum Gasteiger partial charge on any atom is 0.412 e. The first-order valence-electron chi connectivity index (χ1n) is 5.22. The van der Waals surface area contributed by atoms with Crippen LogP contribution in [0.1, 0.15) is 26.3 Å². The number of carbonyl (C=O) groups excluding carboxylic acids is 1. The molecule has 3 N–H and O–H groups in total. The molecule has 0 aromatic heterocycles. The third-order valence-corrected chi connectivity index (χ3v) is 1.86. The highest BCUT2D eigenvalue weighted by Gasteiger charge is 2.19. The lowest BCUT2D eigenvalue weighted by Crippen LogP contribution is -2.27. The maximum absolute atomic E-state index is 13.6. The van der Waals surface area contributed by atoms with E-state index < -0.39 is 17.5 Å². The number of halogens is 1. The van der Waals surface area contributed by atoms with Gasteiger partial charge in [-0.2, -0.15) is 5.26 Å². The number of ether oxygens (including phenoxy) is 1. The fraction of sp³-hybridized carbons (Fsp3) is 0.333. The van der Waals surface area contributed by atoms with Crippen LogP contribution in [-0.4, -0.2) is 11.7 Å². The fourth-order valence-electron chi connectivity index (χ4n) is 1.25. The molecule has 0 saturated heterocycles. The number of benzene rings is 1. The summed E-state index contributed by atoms with van der Waals surface area (Å²) in [5, 5.41) is 11.0. The Morgan fingerprint density at radius 3 is 2.61 bits per heavy atom. The molecule has 0 aliphatic carbocycles. The lowest BCUT2D eigenvalue weighted by molar-refractivity contribution is 0.0635. The van der Waals surface area contributed by atoms with Crippen LogP contribution in [0.4, 0.5) is 20.6 Å². The van der Waals surface area contributed by atoms with Crippen molar-refractivity contribution < 1.29 is 13.9 Å². The number of hydrogen-bond donors (Lipinski definition) is 2. The number of carbonyl (C=O) groups is 1. The van der Waals surface area contributed by atoms with Crippen LogP contribution in [0.5, 0.6) is 0 Å². The largest absolute Gasteiger partial charge is 0.444 e. The van der Waals surface area contributed by atoms with Gasteiger partial charge in [0.15, 0.2) is 0 Å². The van der Waals surface area contributed by atoms with Crippen molar-refractivity contribution >= 4 is 17.5 Å². The van der Waals surface area contributed by atoms with Gasteiger partial charge in [-0.05, 0) is 32.9 Å². The first kappa shape index (κ1) is 13.8. The van der Waals surface area contributed by atoms with E-state index in [0.717, 1.165) is 6.07 Å². The quantitative estimate of drug-likeness (QED) is 0.751. The number of anilines is 2. The Hall–Kier alpha value is -2.29. The Morgan fingerprint density at radius 1 is 1.50 bits per heavy atom. The summed E-state index contributed by atoms with van der Waals surface area (Å²) in [6, 6.07) is 4.05. The standard InChI is InChI=1S/C12H14FN3O2/c1-12(2,3)18-11(17)16-10-7(6-14)4-8(15)5-9(10)13/h4-5H,15H2,1-3H3,(H,16,17). The van der Waals surface area contributed by atoms with Crippen LogP contribution in [0.15, 0.2) is 12.1 Å². The van der Waals surface area contributed by atoms with E-state index in [1.165, 1.54) is 6.07 Å². The second-order valence-electron chi connectivity index (χ2n) is 4.66. The van der Waals surface area contributed by atoms with Crippen LogP contribution in [0.25, 0.3) is 0 Å². The average Bonchev–Trinajstić information content (AvgIpc) is 2.18. The third-order valence-electron chi connectivity index (χ3n) is 1.86. The molecule has 0 aliphatic heterocycles. The summed E-state index contributed by atoms with van der Waals surface area (Å²) in [5.41, 5.74) is 4.51. The molecule has 0 aliphatic rings. The molecule has 18 heavy (non-hydrogen) atoms. The molecule has 6 heteroatoms. The lowest BCUT2D eigenvalue weighted by Gasteiger charge is -2.20. The van der Waals surface area contributed by atoms with E-state index in [9.17, 15) is 9.18 Å². The Kier molecular flexibility index (Phi) is 3.76. The van der Waals surface area contributed by atoms with Crippen molar-refractivity contribution in [1.82, 2.24) is 0 Å². The van der Waals surface area contributed by atoms with Gasteiger partial charge in [0.05, 0.1) is 11.3 Å². The van der Waals surface area contributed by atoms with E-state index in [0.29, 0.717) is 0 Å². The third kappa shape index (κ3) is 3.63. The fourth-order valence-corrected chi connectivity index (χ4v) is 1.25. The van der Waals surface area contributed by atoms with Gasteiger partial charge in [-0.1, -0.05) is 0 Å². The van der Waals surface area contributed by atoms with Gasteiger partial charge in [-0.3, -0.25) is 5.32 Å². The van der Waals surface area contributed by atoms with Gasteiger partial charge < -0.3 is 10.5 Å². The summed E-state index contributed by atoms with van der Waals surface area (Å²) >= 11 is 0. The summed E-state index contributed by atoms with van der Waals surface area (Å²) in [4.78, 5) is 11.5. The molecule has 5 nitrogen and oxygen atoms in total. The number of nitrogens with two attached hydrogens (primary N) is 1. The molecule has 0 saturated carbocycles. The zero-order valence-corrected chi connectivity index (χ0v) is 10.4. The van der Waals surface area contributed by atoms with Crippen molar-refractivity contribution in [2.75, 3.05) is 11.1 Å². The second kappa shape index (κ2) is 4.92. The zero-order valence-electron chi connectivity index (χ0n) is 10.4. The smallest absolute Gasteiger partial charge is 0.412 e. The number of nitrogens with one attached hydrogen (secondary N) is 1. The molecular formula is C12H14FN3O2. The van der Waals surface area contributed by atoms with Gasteiger partial charge in [0.2, 0.25) is 0 Å². The van der Waals surface area contributed by atoms with E-state index in [1.807, 2.05) is 0 Å². The van der Waals surface area contributed by atoms with Crippen molar-refractivity contribution in [1.29, 1.82) is 5.26 Å². The van der Waals surface area contributed by atoms with E-state index in [1.54, 1.807) is 26.8 Å². The van der Waals surface area contributed by atoms with E-state index >= 15 is 0 Å². The molecule has 1 rings (SSSR count).